The fraction of sp³-hybridized carbons (Fsp3) is 0.300. The first-order valence-corrected chi connectivity index (χ1v) is 4.12. The fourth-order valence-electron chi connectivity index (χ4n) is 0.832. The molecular weight excluding hydrogens is 200 g/mol. The van der Waals surface area contributed by atoms with Crippen LogP contribution in [0.3, 0.4) is 0 Å². The molecule has 0 spiro atoms. The maximum absolute atomic E-state index is 9.34. The maximum Gasteiger partial charge on any atom is 0.300 e. The maximum atomic E-state index is 9.34. The molecule has 0 aliphatic carbocycles. The van der Waals surface area contributed by atoms with Crippen LogP contribution in [0.15, 0.2) is 18.2 Å². The second kappa shape index (κ2) is 6.53. The Kier molecular flexibility index (Phi) is 5.70. The third-order valence-corrected chi connectivity index (χ3v) is 1.40. The van der Waals surface area contributed by atoms with Crippen molar-refractivity contribution in [3.05, 3.63) is 18.2 Å². The van der Waals surface area contributed by atoms with Crippen LogP contribution in [-0.2, 0) is 4.79 Å². The van der Waals surface area contributed by atoms with Crippen molar-refractivity contribution < 1.29 is 24.5 Å². The summed E-state index contributed by atoms with van der Waals surface area (Å²) in [6, 6.07) is 5.08. The normalized spacial score (nSPS) is 8.47. The van der Waals surface area contributed by atoms with Gasteiger partial charge in [0.05, 0.1) is 14.2 Å². The molecule has 0 fully saturated rings. The third-order valence-electron chi connectivity index (χ3n) is 1.40. The van der Waals surface area contributed by atoms with Crippen LogP contribution in [0.5, 0.6) is 17.2 Å². The van der Waals surface area contributed by atoms with E-state index in [1.165, 1.54) is 14.2 Å². The van der Waals surface area contributed by atoms with Crippen LogP contribution in [0.2, 0.25) is 0 Å². The summed E-state index contributed by atoms with van der Waals surface area (Å²) in [6.45, 7) is 1.08. The highest BCUT2D eigenvalue weighted by Gasteiger charge is 2.05. The van der Waals surface area contributed by atoms with E-state index in [0.717, 1.165) is 6.92 Å². The Hall–Kier alpha value is -1.91. The minimum absolute atomic E-state index is 0.0394. The van der Waals surface area contributed by atoms with Crippen LogP contribution in [0.25, 0.3) is 0 Å². The van der Waals surface area contributed by atoms with Crippen molar-refractivity contribution in [2.45, 2.75) is 6.92 Å². The zero-order valence-corrected chi connectivity index (χ0v) is 8.85. The van der Waals surface area contributed by atoms with Crippen molar-refractivity contribution in [3.63, 3.8) is 0 Å². The molecule has 0 aromatic heterocycles. The van der Waals surface area contributed by atoms with Gasteiger partial charge >= 0.3 is 0 Å². The van der Waals surface area contributed by atoms with E-state index in [-0.39, 0.29) is 5.75 Å². The van der Waals surface area contributed by atoms with E-state index < -0.39 is 5.97 Å². The Morgan fingerprint density at radius 1 is 1.20 bits per heavy atom. The molecule has 2 N–H and O–H groups in total. The first-order chi connectivity index (χ1) is 7.02. The molecule has 0 saturated heterocycles. The topological polar surface area (TPSA) is 76.0 Å². The lowest BCUT2D eigenvalue weighted by molar-refractivity contribution is -0.134. The van der Waals surface area contributed by atoms with Crippen LogP contribution in [0.4, 0.5) is 0 Å². The second-order valence-electron chi connectivity index (χ2n) is 2.53. The van der Waals surface area contributed by atoms with Gasteiger partial charge in [-0.25, -0.2) is 0 Å². The quantitative estimate of drug-likeness (QED) is 0.780. The van der Waals surface area contributed by atoms with E-state index in [1.807, 2.05) is 0 Å². The van der Waals surface area contributed by atoms with Gasteiger partial charge < -0.3 is 19.7 Å². The van der Waals surface area contributed by atoms with Gasteiger partial charge in [0.2, 0.25) is 5.75 Å². The number of phenolic OH excluding ortho intramolecular Hbond substituents is 1. The molecule has 0 radical (unpaired) electrons. The molecule has 5 nitrogen and oxygen atoms in total. The molecule has 1 aromatic carbocycles. The van der Waals surface area contributed by atoms with Gasteiger partial charge in [0, 0.05) is 6.92 Å². The molecule has 0 bridgehead atoms. The molecule has 1 rings (SSSR count). The molecule has 0 unspecified atom stereocenters. The number of hydrogen-bond donors (Lipinski definition) is 2. The van der Waals surface area contributed by atoms with Gasteiger partial charge in [-0.1, -0.05) is 6.07 Å². The lowest BCUT2D eigenvalue weighted by Crippen LogP contribution is -1.87. The number of benzene rings is 1. The van der Waals surface area contributed by atoms with Gasteiger partial charge in [0.15, 0.2) is 11.5 Å². The predicted molar refractivity (Wildman–Crippen MR) is 54.5 cm³/mol. The van der Waals surface area contributed by atoms with Gasteiger partial charge in [-0.3, -0.25) is 4.79 Å². The second-order valence-corrected chi connectivity index (χ2v) is 2.53. The van der Waals surface area contributed by atoms with Crippen LogP contribution < -0.4 is 9.47 Å². The van der Waals surface area contributed by atoms with Crippen molar-refractivity contribution in [1.82, 2.24) is 0 Å². The highest BCUT2D eigenvalue weighted by atomic mass is 16.5. The summed E-state index contributed by atoms with van der Waals surface area (Å²) < 4.78 is 9.71. The Balaban J connectivity index is 0.000000423. The van der Waals surface area contributed by atoms with Gasteiger partial charge in [-0.15, -0.1) is 0 Å². The van der Waals surface area contributed by atoms with Gasteiger partial charge in [-0.05, 0) is 12.1 Å². The molecule has 84 valence electrons. The molecule has 15 heavy (non-hydrogen) atoms. The summed E-state index contributed by atoms with van der Waals surface area (Å²) in [7, 11) is 2.99. The van der Waals surface area contributed by atoms with Gasteiger partial charge in [-0.2, -0.15) is 0 Å². The number of aliphatic carboxylic acids is 1. The molecule has 0 atom stereocenters. The highest BCUT2D eigenvalue weighted by molar-refractivity contribution is 5.62. The van der Waals surface area contributed by atoms with Crippen LogP contribution in [0, 0.1) is 0 Å². The third kappa shape index (κ3) is 4.75. The monoisotopic (exact) mass is 214 g/mol. The van der Waals surface area contributed by atoms with Gasteiger partial charge in [0.25, 0.3) is 5.97 Å². The molecular formula is C10H14O5. The smallest absolute Gasteiger partial charge is 0.300 e. The Labute approximate surface area is 87.9 Å². The predicted octanol–water partition coefficient (Wildman–Crippen LogP) is 1.50. The number of rotatable bonds is 2. The summed E-state index contributed by atoms with van der Waals surface area (Å²) in [5.74, 6) is 0.0474. The number of carboxylic acid groups (broad SMARTS) is 1. The molecule has 1 aromatic rings. The molecule has 0 saturated carbocycles. The summed E-state index contributed by atoms with van der Waals surface area (Å²) in [6.07, 6.45) is 0. The standard InChI is InChI=1S/C8H10O3.C2H4O2/c1-10-6-4-3-5-7(11-2)8(6)9;1-2(3)4/h3-5,9H,1-2H3;1H3,(H,3,4). The van der Waals surface area contributed by atoms with E-state index in [9.17, 15) is 5.11 Å². The molecule has 5 heteroatoms. The lowest BCUT2D eigenvalue weighted by Gasteiger charge is -2.06. The lowest BCUT2D eigenvalue weighted by atomic mass is 10.3. The van der Waals surface area contributed by atoms with E-state index in [4.69, 9.17) is 19.4 Å². The van der Waals surface area contributed by atoms with Crippen molar-refractivity contribution in [3.8, 4) is 17.2 Å². The SMILES string of the molecule is CC(=O)O.COc1cccc(OC)c1O. The zero-order valence-electron chi connectivity index (χ0n) is 8.85. The summed E-state index contributed by atoms with van der Waals surface area (Å²) in [5.41, 5.74) is 0. The Bertz CT molecular complexity index is 295. The van der Waals surface area contributed by atoms with Crippen molar-refractivity contribution >= 4 is 5.97 Å². The average Bonchev–Trinajstić information content (AvgIpc) is 2.17. The van der Waals surface area contributed by atoms with E-state index in [2.05, 4.69) is 0 Å². The van der Waals surface area contributed by atoms with E-state index >= 15 is 0 Å². The van der Waals surface area contributed by atoms with E-state index in [0.29, 0.717) is 11.5 Å². The summed E-state index contributed by atoms with van der Waals surface area (Å²) >= 11 is 0. The number of carbonyl (C=O) groups is 1. The van der Waals surface area contributed by atoms with E-state index in [1.54, 1.807) is 18.2 Å². The number of ether oxygens (including phenoxy) is 2. The number of aromatic hydroxyl groups is 1. The summed E-state index contributed by atoms with van der Waals surface area (Å²) in [4.78, 5) is 9.00. The minimum Gasteiger partial charge on any atom is -0.502 e. The number of para-hydroxylation sites is 1. The average molecular weight is 214 g/mol. The molecule has 0 heterocycles. The first kappa shape index (κ1) is 13.1. The van der Waals surface area contributed by atoms with Crippen LogP contribution >= 0.6 is 0 Å². The molecule has 0 aliphatic rings. The van der Waals surface area contributed by atoms with Crippen LogP contribution in [0.1, 0.15) is 6.92 Å². The number of carboxylic acids is 1. The number of hydrogen-bond acceptors (Lipinski definition) is 4. The molecule has 0 aliphatic heterocycles. The first-order valence-electron chi connectivity index (χ1n) is 4.12. The van der Waals surface area contributed by atoms with Crippen molar-refractivity contribution in [2.24, 2.45) is 0 Å². The molecule has 0 amide bonds. The zero-order chi connectivity index (χ0) is 11.8. The Morgan fingerprint density at radius 2 is 1.53 bits per heavy atom. The van der Waals surface area contributed by atoms with Crippen molar-refractivity contribution in [1.29, 1.82) is 0 Å². The van der Waals surface area contributed by atoms with Gasteiger partial charge in [0.1, 0.15) is 0 Å². The largest absolute Gasteiger partial charge is 0.502 e. The highest BCUT2D eigenvalue weighted by Crippen LogP contribution is 2.34. The minimum atomic E-state index is -0.833. The number of methoxy groups -OCH3 is 2. The fourth-order valence-corrected chi connectivity index (χ4v) is 0.832. The Morgan fingerprint density at radius 3 is 1.80 bits per heavy atom. The summed E-state index contributed by atoms with van der Waals surface area (Å²) in [5, 5.41) is 16.8. The van der Waals surface area contributed by atoms with Crippen molar-refractivity contribution in [2.75, 3.05) is 14.2 Å². The number of phenols is 1. The van der Waals surface area contributed by atoms with Crippen LogP contribution in [-0.4, -0.2) is 30.4 Å².